The molecule has 4 aliphatic carbocycles. The van der Waals surface area contributed by atoms with E-state index in [2.05, 4.69) is 20.5 Å². The molecule has 2 amide bonds. The lowest BCUT2D eigenvalue weighted by atomic mass is 9.49. The third-order valence-electron chi connectivity index (χ3n) is 7.88. The van der Waals surface area contributed by atoms with E-state index in [0.29, 0.717) is 31.3 Å². The summed E-state index contributed by atoms with van der Waals surface area (Å²) in [6.45, 7) is 2.42. The van der Waals surface area contributed by atoms with E-state index in [1.54, 1.807) is 18.0 Å². The van der Waals surface area contributed by atoms with E-state index in [9.17, 15) is 9.59 Å². The summed E-state index contributed by atoms with van der Waals surface area (Å²) in [5, 5.41) is 11.0. The van der Waals surface area contributed by atoms with Gasteiger partial charge in [0.15, 0.2) is 5.69 Å². The zero-order valence-electron chi connectivity index (χ0n) is 17.9. The SMILES string of the molecule is COCCNC(=O)c1cn([C@H]2CCCN(C(=O)C34CC5CC(CC(C5)C3)C4)C2)nn1. The highest BCUT2D eigenvalue weighted by molar-refractivity contribution is 5.91. The van der Waals surface area contributed by atoms with Crippen LogP contribution in [0.1, 0.15) is 67.9 Å². The summed E-state index contributed by atoms with van der Waals surface area (Å²) in [5.41, 5.74) is 0.224. The molecule has 1 aromatic rings. The van der Waals surface area contributed by atoms with Gasteiger partial charge in [0, 0.05) is 26.7 Å². The molecule has 1 aromatic heterocycles. The van der Waals surface area contributed by atoms with Gasteiger partial charge in [0.25, 0.3) is 5.91 Å². The van der Waals surface area contributed by atoms with E-state index in [1.165, 1.54) is 19.3 Å². The molecule has 0 unspecified atom stereocenters. The Balaban J connectivity index is 1.24. The van der Waals surface area contributed by atoms with Crippen molar-refractivity contribution in [3.05, 3.63) is 11.9 Å². The van der Waals surface area contributed by atoms with Gasteiger partial charge in [-0.25, -0.2) is 4.68 Å². The molecule has 164 valence electrons. The highest BCUT2D eigenvalue weighted by atomic mass is 16.5. The van der Waals surface area contributed by atoms with Crippen molar-refractivity contribution in [3.8, 4) is 0 Å². The molecular weight excluding hydrogens is 382 g/mol. The molecule has 0 spiro atoms. The van der Waals surface area contributed by atoms with Gasteiger partial charge in [-0.05, 0) is 69.1 Å². The quantitative estimate of drug-likeness (QED) is 0.718. The van der Waals surface area contributed by atoms with Gasteiger partial charge >= 0.3 is 0 Å². The smallest absolute Gasteiger partial charge is 0.273 e. The predicted octanol–water partition coefficient (Wildman–Crippen LogP) is 2.03. The molecule has 1 N–H and O–H groups in total. The Bertz CT molecular complexity index is 771. The number of ether oxygens (including phenoxy) is 1. The zero-order chi connectivity index (χ0) is 20.7. The second-order valence-electron chi connectivity index (χ2n) is 10.1. The molecule has 4 saturated carbocycles. The number of rotatable bonds is 6. The van der Waals surface area contributed by atoms with Crippen LogP contribution in [0.5, 0.6) is 0 Å². The van der Waals surface area contributed by atoms with E-state index >= 15 is 0 Å². The lowest BCUT2D eigenvalue weighted by molar-refractivity contribution is -0.159. The molecule has 4 bridgehead atoms. The van der Waals surface area contributed by atoms with Crippen LogP contribution in [0, 0.1) is 23.2 Å². The van der Waals surface area contributed by atoms with Gasteiger partial charge in [0.1, 0.15) is 0 Å². The normalized spacial score (nSPS) is 34.9. The van der Waals surface area contributed by atoms with Crippen molar-refractivity contribution in [3.63, 3.8) is 0 Å². The predicted molar refractivity (Wildman–Crippen MR) is 110 cm³/mol. The maximum atomic E-state index is 13.7. The van der Waals surface area contributed by atoms with Gasteiger partial charge in [0.05, 0.1) is 24.3 Å². The number of methoxy groups -OCH3 is 1. The van der Waals surface area contributed by atoms with Gasteiger partial charge in [0.2, 0.25) is 5.91 Å². The Labute approximate surface area is 177 Å². The molecule has 1 atom stereocenters. The summed E-state index contributed by atoms with van der Waals surface area (Å²) in [7, 11) is 1.60. The number of nitrogens with one attached hydrogen (secondary N) is 1. The largest absolute Gasteiger partial charge is 0.383 e. The minimum atomic E-state index is -0.240. The first-order valence-corrected chi connectivity index (χ1v) is 11.5. The first kappa shape index (κ1) is 20.0. The maximum absolute atomic E-state index is 13.7. The van der Waals surface area contributed by atoms with Crippen LogP contribution in [-0.2, 0) is 9.53 Å². The Kier molecular flexibility index (Phi) is 5.29. The molecule has 2 heterocycles. The van der Waals surface area contributed by atoms with E-state index in [4.69, 9.17) is 4.74 Å². The van der Waals surface area contributed by atoms with Gasteiger partial charge in [-0.15, -0.1) is 5.10 Å². The molecule has 8 nitrogen and oxygen atoms in total. The van der Waals surface area contributed by atoms with E-state index < -0.39 is 0 Å². The fourth-order valence-electron chi connectivity index (χ4n) is 6.98. The molecule has 30 heavy (non-hydrogen) atoms. The van der Waals surface area contributed by atoms with Crippen LogP contribution < -0.4 is 5.32 Å². The summed E-state index contributed by atoms with van der Waals surface area (Å²) < 4.78 is 6.74. The summed E-state index contributed by atoms with van der Waals surface area (Å²) in [4.78, 5) is 28.0. The summed E-state index contributed by atoms with van der Waals surface area (Å²) >= 11 is 0. The van der Waals surface area contributed by atoms with Crippen molar-refractivity contribution in [1.29, 1.82) is 0 Å². The van der Waals surface area contributed by atoms with Gasteiger partial charge in [-0.2, -0.15) is 0 Å². The molecule has 0 radical (unpaired) electrons. The molecule has 5 aliphatic rings. The van der Waals surface area contributed by atoms with E-state index in [0.717, 1.165) is 56.4 Å². The third-order valence-corrected chi connectivity index (χ3v) is 7.88. The van der Waals surface area contributed by atoms with Crippen molar-refractivity contribution >= 4 is 11.8 Å². The van der Waals surface area contributed by atoms with Crippen molar-refractivity contribution in [2.45, 2.75) is 57.4 Å². The fraction of sp³-hybridized carbons (Fsp3) is 0.818. The standard InChI is InChI=1S/C22H33N5O3/c1-30-6-4-23-20(28)19-14-27(25-24-19)18-3-2-5-26(13-18)21(29)22-10-15-7-16(11-22)9-17(8-15)12-22/h14-18H,2-13H2,1H3,(H,23,28)/t15?,16?,17?,18-,22?/m0/s1. The Hall–Kier alpha value is -1.96. The average Bonchev–Trinajstić information content (AvgIpc) is 3.23. The van der Waals surface area contributed by atoms with Crippen LogP contribution in [-0.4, -0.2) is 65.1 Å². The van der Waals surface area contributed by atoms with Crippen molar-refractivity contribution in [2.24, 2.45) is 23.2 Å². The van der Waals surface area contributed by atoms with Crippen LogP contribution in [0.25, 0.3) is 0 Å². The molecule has 5 fully saturated rings. The number of aromatic nitrogens is 3. The number of nitrogens with zero attached hydrogens (tertiary/aromatic N) is 4. The van der Waals surface area contributed by atoms with Gasteiger partial charge in [-0.3, -0.25) is 9.59 Å². The van der Waals surface area contributed by atoms with Crippen molar-refractivity contribution in [2.75, 3.05) is 33.4 Å². The Morgan fingerprint density at radius 3 is 2.57 bits per heavy atom. The second-order valence-corrected chi connectivity index (χ2v) is 10.1. The van der Waals surface area contributed by atoms with Crippen LogP contribution in [0.2, 0.25) is 0 Å². The monoisotopic (exact) mass is 415 g/mol. The Morgan fingerprint density at radius 1 is 1.20 bits per heavy atom. The molecule has 8 heteroatoms. The highest BCUT2D eigenvalue weighted by Crippen LogP contribution is 2.60. The minimum absolute atomic E-state index is 0.0876. The van der Waals surface area contributed by atoms with Crippen LogP contribution >= 0.6 is 0 Å². The van der Waals surface area contributed by atoms with E-state index in [1.807, 2.05) is 0 Å². The van der Waals surface area contributed by atoms with Crippen LogP contribution in [0.3, 0.4) is 0 Å². The molecule has 1 aliphatic heterocycles. The number of hydrogen-bond acceptors (Lipinski definition) is 5. The highest BCUT2D eigenvalue weighted by Gasteiger charge is 2.55. The number of carbonyl (C=O) groups is 2. The van der Waals surface area contributed by atoms with Crippen LogP contribution in [0.15, 0.2) is 6.20 Å². The van der Waals surface area contributed by atoms with Crippen molar-refractivity contribution < 1.29 is 14.3 Å². The molecule has 6 rings (SSSR count). The zero-order valence-corrected chi connectivity index (χ0v) is 17.9. The van der Waals surface area contributed by atoms with Gasteiger partial charge in [-0.1, -0.05) is 5.21 Å². The van der Waals surface area contributed by atoms with Crippen LogP contribution in [0.4, 0.5) is 0 Å². The third kappa shape index (κ3) is 3.63. The van der Waals surface area contributed by atoms with Gasteiger partial charge < -0.3 is 15.0 Å². The number of amides is 2. The first-order chi connectivity index (χ1) is 14.6. The summed E-state index contributed by atoms with van der Waals surface area (Å²) in [6.07, 6.45) is 11.0. The number of piperidine rings is 1. The minimum Gasteiger partial charge on any atom is -0.383 e. The number of hydrogen-bond donors (Lipinski definition) is 1. The lowest BCUT2D eigenvalue weighted by Crippen LogP contribution is -2.56. The summed E-state index contributed by atoms with van der Waals surface area (Å²) in [6, 6.07) is 0.0876. The van der Waals surface area contributed by atoms with E-state index in [-0.39, 0.29) is 17.4 Å². The first-order valence-electron chi connectivity index (χ1n) is 11.5. The topological polar surface area (TPSA) is 89.4 Å². The second kappa shape index (κ2) is 7.94. The summed E-state index contributed by atoms with van der Waals surface area (Å²) in [5.74, 6) is 2.47. The number of carbonyl (C=O) groups excluding carboxylic acids is 2. The molecular formula is C22H33N5O3. The lowest BCUT2D eigenvalue weighted by Gasteiger charge is -2.57. The number of likely N-dealkylation sites (tertiary alicyclic amines) is 1. The van der Waals surface area contributed by atoms with Crippen molar-refractivity contribution in [1.82, 2.24) is 25.2 Å². The maximum Gasteiger partial charge on any atom is 0.273 e. The Morgan fingerprint density at radius 2 is 1.90 bits per heavy atom. The molecule has 1 saturated heterocycles. The molecule has 0 aromatic carbocycles. The fourth-order valence-corrected chi connectivity index (χ4v) is 6.98. The average molecular weight is 416 g/mol.